The molecule has 130 valence electrons. The zero-order valence-corrected chi connectivity index (χ0v) is 14.2. The molecule has 1 fully saturated rings. The number of benzene rings is 1. The maximum atomic E-state index is 12.3. The lowest BCUT2D eigenvalue weighted by atomic mass is 10.0. The van der Waals surface area contributed by atoms with Crippen molar-refractivity contribution in [2.45, 2.75) is 25.8 Å². The summed E-state index contributed by atoms with van der Waals surface area (Å²) < 4.78 is 10.8. The number of nitrogens with one attached hydrogen (secondary N) is 1. The zero-order chi connectivity index (χ0) is 17.2. The van der Waals surface area contributed by atoms with Crippen molar-refractivity contribution in [1.29, 1.82) is 0 Å². The molecule has 6 nitrogen and oxygen atoms in total. The molecule has 1 aromatic carbocycles. The third kappa shape index (κ3) is 3.71. The van der Waals surface area contributed by atoms with Crippen LogP contribution in [0.1, 0.15) is 19.4 Å². The van der Waals surface area contributed by atoms with Gasteiger partial charge >= 0.3 is 0 Å². The number of phenols is 1. The standard InChI is InChI=1S/C18H24N2O4/c1-18(2,20-5-7-23-8-6-20)12-19-17(22)9-13-11-24-16-10-14(21)3-4-15(13)16/h3-4,10-11,21H,5-9,12H2,1-2H3,(H,19,22). The van der Waals surface area contributed by atoms with Crippen LogP contribution in [0.3, 0.4) is 0 Å². The zero-order valence-electron chi connectivity index (χ0n) is 14.2. The van der Waals surface area contributed by atoms with E-state index in [2.05, 4.69) is 24.1 Å². The van der Waals surface area contributed by atoms with Crippen LogP contribution < -0.4 is 5.32 Å². The number of hydrogen-bond acceptors (Lipinski definition) is 5. The fourth-order valence-electron chi connectivity index (χ4n) is 3.04. The fraction of sp³-hybridized carbons (Fsp3) is 0.500. The number of morpholine rings is 1. The van der Waals surface area contributed by atoms with E-state index in [-0.39, 0.29) is 23.6 Å². The van der Waals surface area contributed by atoms with Gasteiger partial charge in [0, 0.05) is 42.2 Å². The summed E-state index contributed by atoms with van der Waals surface area (Å²) in [4.78, 5) is 14.6. The first-order valence-electron chi connectivity index (χ1n) is 8.24. The molecule has 0 unspecified atom stereocenters. The van der Waals surface area contributed by atoms with Gasteiger partial charge in [0.2, 0.25) is 5.91 Å². The Kier molecular flexibility index (Phi) is 4.78. The molecular weight excluding hydrogens is 308 g/mol. The molecule has 0 atom stereocenters. The highest BCUT2D eigenvalue weighted by Crippen LogP contribution is 2.25. The molecule has 0 spiro atoms. The second-order valence-corrected chi connectivity index (χ2v) is 6.81. The highest BCUT2D eigenvalue weighted by molar-refractivity contribution is 5.88. The van der Waals surface area contributed by atoms with Crippen molar-refractivity contribution < 1.29 is 19.1 Å². The molecule has 0 aliphatic carbocycles. The van der Waals surface area contributed by atoms with Crippen LogP contribution in [-0.4, -0.2) is 54.3 Å². The highest BCUT2D eigenvalue weighted by atomic mass is 16.5. The van der Waals surface area contributed by atoms with Gasteiger partial charge in [-0.2, -0.15) is 0 Å². The Morgan fingerprint density at radius 1 is 1.33 bits per heavy atom. The summed E-state index contributed by atoms with van der Waals surface area (Å²) in [6.45, 7) is 8.11. The molecule has 2 aromatic rings. The Labute approximate surface area is 141 Å². The van der Waals surface area contributed by atoms with Crippen LogP contribution in [0.5, 0.6) is 5.75 Å². The van der Waals surface area contributed by atoms with Crippen molar-refractivity contribution in [1.82, 2.24) is 10.2 Å². The molecular formula is C18H24N2O4. The van der Waals surface area contributed by atoms with Crippen LogP contribution in [0.4, 0.5) is 0 Å². The van der Waals surface area contributed by atoms with Gasteiger partial charge in [0.1, 0.15) is 11.3 Å². The van der Waals surface area contributed by atoms with E-state index in [4.69, 9.17) is 9.15 Å². The predicted molar refractivity (Wildman–Crippen MR) is 91.1 cm³/mol. The van der Waals surface area contributed by atoms with Gasteiger partial charge < -0.3 is 19.6 Å². The minimum atomic E-state index is -0.107. The number of nitrogens with zero attached hydrogens (tertiary/aromatic N) is 1. The second kappa shape index (κ2) is 6.83. The van der Waals surface area contributed by atoms with E-state index in [0.29, 0.717) is 12.1 Å². The number of hydrogen-bond donors (Lipinski definition) is 2. The van der Waals surface area contributed by atoms with E-state index in [1.807, 2.05) is 0 Å². The molecule has 3 rings (SSSR count). The van der Waals surface area contributed by atoms with Crippen LogP contribution >= 0.6 is 0 Å². The van der Waals surface area contributed by atoms with E-state index < -0.39 is 0 Å². The number of carbonyl (C=O) groups excluding carboxylic acids is 1. The Balaban J connectivity index is 1.58. The highest BCUT2D eigenvalue weighted by Gasteiger charge is 2.28. The van der Waals surface area contributed by atoms with Crippen molar-refractivity contribution in [2.24, 2.45) is 0 Å². The maximum absolute atomic E-state index is 12.3. The molecule has 1 saturated heterocycles. The van der Waals surface area contributed by atoms with Crippen molar-refractivity contribution in [3.8, 4) is 5.75 Å². The molecule has 24 heavy (non-hydrogen) atoms. The van der Waals surface area contributed by atoms with Crippen LogP contribution in [0.25, 0.3) is 11.0 Å². The summed E-state index contributed by atoms with van der Waals surface area (Å²) in [5.41, 5.74) is 1.31. The summed E-state index contributed by atoms with van der Waals surface area (Å²) in [6.07, 6.45) is 1.84. The smallest absolute Gasteiger partial charge is 0.224 e. The van der Waals surface area contributed by atoms with Gasteiger partial charge in [-0.25, -0.2) is 0 Å². The molecule has 0 saturated carbocycles. The average Bonchev–Trinajstić information content (AvgIpc) is 2.96. The topological polar surface area (TPSA) is 74.9 Å². The minimum absolute atomic E-state index is 0.0351. The summed E-state index contributed by atoms with van der Waals surface area (Å²) in [7, 11) is 0. The molecule has 1 aromatic heterocycles. The lowest BCUT2D eigenvalue weighted by Crippen LogP contribution is -2.55. The van der Waals surface area contributed by atoms with E-state index >= 15 is 0 Å². The number of carbonyl (C=O) groups is 1. The molecule has 2 heterocycles. The Morgan fingerprint density at radius 2 is 2.08 bits per heavy atom. The van der Waals surface area contributed by atoms with Crippen LogP contribution in [0, 0.1) is 0 Å². The van der Waals surface area contributed by atoms with Gasteiger partial charge in [-0.05, 0) is 26.0 Å². The van der Waals surface area contributed by atoms with Gasteiger partial charge in [-0.15, -0.1) is 0 Å². The number of rotatable bonds is 5. The average molecular weight is 332 g/mol. The fourth-order valence-corrected chi connectivity index (χ4v) is 3.04. The number of ether oxygens (including phenoxy) is 1. The first kappa shape index (κ1) is 16.8. The Bertz CT molecular complexity index is 717. The third-order valence-electron chi connectivity index (χ3n) is 4.58. The molecule has 1 aliphatic heterocycles. The lowest BCUT2D eigenvalue weighted by Gasteiger charge is -2.40. The Morgan fingerprint density at radius 3 is 2.83 bits per heavy atom. The molecule has 6 heteroatoms. The van der Waals surface area contributed by atoms with E-state index in [0.717, 1.165) is 37.3 Å². The monoisotopic (exact) mass is 332 g/mol. The molecule has 1 aliphatic rings. The van der Waals surface area contributed by atoms with Gasteiger partial charge in [-0.3, -0.25) is 9.69 Å². The first-order valence-corrected chi connectivity index (χ1v) is 8.24. The largest absolute Gasteiger partial charge is 0.508 e. The van der Waals surface area contributed by atoms with Crippen LogP contribution in [-0.2, 0) is 16.0 Å². The first-order chi connectivity index (χ1) is 11.5. The molecule has 2 N–H and O–H groups in total. The minimum Gasteiger partial charge on any atom is -0.508 e. The van der Waals surface area contributed by atoms with E-state index in [1.165, 1.54) is 0 Å². The van der Waals surface area contributed by atoms with Crippen molar-refractivity contribution in [3.05, 3.63) is 30.0 Å². The Hall–Kier alpha value is -2.05. The second-order valence-electron chi connectivity index (χ2n) is 6.81. The van der Waals surface area contributed by atoms with Gasteiger partial charge in [0.25, 0.3) is 0 Å². The third-order valence-corrected chi connectivity index (χ3v) is 4.58. The van der Waals surface area contributed by atoms with Gasteiger partial charge in [0.15, 0.2) is 0 Å². The van der Waals surface area contributed by atoms with Gasteiger partial charge in [0.05, 0.1) is 25.9 Å². The van der Waals surface area contributed by atoms with E-state index in [9.17, 15) is 9.90 Å². The number of furan rings is 1. The predicted octanol–water partition coefficient (Wildman–Crippen LogP) is 1.91. The maximum Gasteiger partial charge on any atom is 0.224 e. The van der Waals surface area contributed by atoms with Gasteiger partial charge in [-0.1, -0.05) is 0 Å². The van der Waals surface area contributed by atoms with Crippen molar-refractivity contribution >= 4 is 16.9 Å². The summed E-state index contributed by atoms with van der Waals surface area (Å²) in [5.74, 6) is 0.118. The number of fused-ring (bicyclic) bond motifs is 1. The summed E-state index contributed by atoms with van der Waals surface area (Å²) in [6, 6.07) is 4.92. The summed E-state index contributed by atoms with van der Waals surface area (Å²) in [5, 5.41) is 13.3. The number of phenolic OH excluding ortho intramolecular Hbond substituents is 1. The van der Waals surface area contributed by atoms with Crippen LogP contribution in [0.2, 0.25) is 0 Å². The lowest BCUT2D eigenvalue weighted by molar-refractivity contribution is -0.121. The van der Waals surface area contributed by atoms with E-state index in [1.54, 1.807) is 24.5 Å². The molecule has 0 radical (unpaired) electrons. The normalized spacial score (nSPS) is 16.4. The van der Waals surface area contributed by atoms with Crippen molar-refractivity contribution in [2.75, 3.05) is 32.8 Å². The molecule has 0 bridgehead atoms. The number of aromatic hydroxyl groups is 1. The number of amides is 1. The SMILES string of the molecule is CC(C)(CNC(=O)Cc1coc2cc(O)ccc12)N1CCOCC1. The van der Waals surface area contributed by atoms with Crippen molar-refractivity contribution in [3.63, 3.8) is 0 Å². The van der Waals surface area contributed by atoms with Crippen LogP contribution in [0.15, 0.2) is 28.9 Å². The summed E-state index contributed by atoms with van der Waals surface area (Å²) >= 11 is 0. The quantitative estimate of drug-likeness (QED) is 0.875. The molecule has 1 amide bonds.